The molecule has 7 heteroatoms. The molecule has 0 amide bonds. The Labute approximate surface area is 110 Å². The summed E-state index contributed by atoms with van der Waals surface area (Å²) in [7, 11) is -3.20. The van der Waals surface area contributed by atoms with Crippen molar-refractivity contribution in [2.45, 2.75) is 12.5 Å². The van der Waals surface area contributed by atoms with E-state index in [4.69, 9.17) is 17.3 Å². The van der Waals surface area contributed by atoms with E-state index in [2.05, 4.69) is 0 Å². The average molecular weight is 294 g/mol. The topological polar surface area (TPSA) is 77.2 Å². The van der Waals surface area contributed by atoms with Crippen LogP contribution in [-0.4, -0.2) is 32.3 Å². The van der Waals surface area contributed by atoms with Crippen molar-refractivity contribution in [3.63, 3.8) is 0 Å². The van der Waals surface area contributed by atoms with Gasteiger partial charge < -0.3 is 5.73 Å². The van der Waals surface area contributed by atoms with Crippen molar-refractivity contribution in [2.75, 3.05) is 12.0 Å². The molecule has 0 saturated carbocycles. The van der Waals surface area contributed by atoms with Gasteiger partial charge in [0.25, 0.3) is 0 Å². The van der Waals surface area contributed by atoms with E-state index in [0.29, 0.717) is 0 Å². The number of benzene rings is 1. The number of hydrogen-bond acceptors (Lipinski definition) is 4. The molecule has 0 aliphatic carbocycles. The minimum absolute atomic E-state index is 0.0419. The third-order valence-electron chi connectivity index (χ3n) is 2.33. The summed E-state index contributed by atoms with van der Waals surface area (Å²) in [6, 6.07) is 2.58. The van der Waals surface area contributed by atoms with Gasteiger partial charge in [-0.15, -0.1) is 0 Å². The number of rotatable bonds is 5. The molecule has 100 valence electrons. The summed E-state index contributed by atoms with van der Waals surface area (Å²) < 4.78 is 35.4. The highest BCUT2D eigenvalue weighted by molar-refractivity contribution is 7.90. The summed E-state index contributed by atoms with van der Waals surface area (Å²) in [6.45, 7) is 0. The van der Waals surface area contributed by atoms with Crippen LogP contribution in [0, 0.1) is 5.82 Å². The van der Waals surface area contributed by atoms with Crippen LogP contribution in [0.5, 0.6) is 0 Å². The predicted molar refractivity (Wildman–Crippen MR) is 68.0 cm³/mol. The number of hydrogen-bond donors (Lipinski definition) is 1. The third kappa shape index (κ3) is 4.36. The zero-order chi connectivity index (χ0) is 13.9. The van der Waals surface area contributed by atoms with Crippen LogP contribution < -0.4 is 5.73 Å². The summed E-state index contributed by atoms with van der Waals surface area (Å²) in [6.07, 6.45) is 1.01. The highest BCUT2D eigenvalue weighted by Gasteiger charge is 2.20. The molecule has 0 heterocycles. The Balaban J connectivity index is 2.80. The SMILES string of the molecule is CS(=O)(=O)CCC(N)C(=O)c1ccc(Cl)cc1F. The highest BCUT2D eigenvalue weighted by atomic mass is 35.5. The molecule has 4 nitrogen and oxygen atoms in total. The van der Waals surface area contributed by atoms with Gasteiger partial charge in [0, 0.05) is 11.3 Å². The average Bonchev–Trinajstić information content (AvgIpc) is 2.24. The molecule has 0 bridgehead atoms. The number of carbonyl (C=O) groups is 1. The minimum Gasteiger partial charge on any atom is -0.321 e. The van der Waals surface area contributed by atoms with E-state index in [1.807, 2.05) is 0 Å². The van der Waals surface area contributed by atoms with E-state index in [1.54, 1.807) is 0 Å². The monoisotopic (exact) mass is 293 g/mol. The van der Waals surface area contributed by atoms with E-state index in [1.165, 1.54) is 12.1 Å². The van der Waals surface area contributed by atoms with Crippen molar-refractivity contribution in [1.29, 1.82) is 0 Å². The molecule has 1 aromatic rings. The maximum atomic E-state index is 13.5. The quantitative estimate of drug-likeness (QED) is 0.833. The van der Waals surface area contributed by atoms with Gasteiger partial charge in [-0.3, -0.25) is 4.79 Å². The van der Waals surface area contributed by atoms with Gasteiger partial charge in [0.1, 0.15) is 15.7 Å². The molecule has 0 aliphatic heterocycles. The van der Waals surface area contributed by atoms with E-state index in [-0.39, 0.29) is 22.8 Å². The Morgan fingerprint density at radius 3 is 2.61 bits per heavy atom. The molecule has 2 N–H and O–H groups in total. The first-order valence-corrected chi connectivity index (χ1v) is 7.57. The molecule has 0 aliphatic rings. The molecular formula is C11H13ClFNO3S. The smallest absolute Gasteiger partial charge is 0.182 e. The van der Waals surface area contributed by atoms with Crippen molar-refractivity contribution in [1.82, 2.24) is 0 Å². The normalized spacial score (nSPS) is 13.3. The number of halogens is 2. The Bertz CT molecular complexity index is 559. The van der Waals surface area contributed by atoms with Crippen LogP contribution in [0.15, 0.2) is 18.2 Å². The summed E-state index contributed by atoms with van der Waals surface area (Å²) in [5, 5.41) is 0.175. The van der Waals surface area contributed by atoms with E-state index >= 15 is 0 Å². The maximum Gasteiger partial charge on any atom is 0.182 e. The standard InChI is InChI=1S/C11H13ClFNO3S/c1-18(16,17)5-4-10(14)11(15)8-3-2-7(12)6-9(8)13/h2-3,6,10H,4-5,14H2,1H3. The first kappa shape index (κ1) is 15.1. The molecule has 0 radical (unpaired) electrons. The van der Waals surface area contributed by atoms with Crippen LogP contribution in [0.4, 0.5) is 4.39 Å². The second-order valence-corrected chi connectivity index (χ2v) is 6.71. The van der Waals surface area contributed by atoms with E-state index in [9.17, 15) is 17.6 Å². The Hall–Kier alpha value is -0.980. The van der Waals surface area contributed by atoms with Gasteiger partial charge in [0.15, 0.2) is 5.78 Å². The van der Waals surface area contributed by atoms with Crippen molar-refractivity contribution in [3.8, 4) is 0 Å². The molecule has 0 spiro atoms. The van der Waals surface area contributed by atoms with E-state index in [0.717, 1.165) is 12.3 Å². The minimum atomic E-state index is -3.20. The van der Waals surface area contributed by atoms with Crippen molar-refractivity contribution >= 4 is 27.2 Å². The zero-order valence-corrected chi connectivity index (χ0v) is 11.3. The molecule has 1 atom stereocenters. The molecule has 0 aromatic heterocycles. The predicted octanol–water partition coefficient (Wildman–Crippen LogP) is 1.42. The van der Waals surface area contributed by atoms with Gasteiger partial charge in [-0.2, -0.15) is 0 Å². The molecule has 1 rings (SSSR count). The molecule has 0 fully saturated rings. The first-order chi connectivity index (χ1) is 8.20. The van der Waals surface area contributed by atoms with Gasteiger partial charge in [0.05, 0.1) is 17.4 Å². The fraction of sp³-hybridized carbons (Fsp3) is 0.364. The summed E-state index contributed by atoms with van der Waals surface area (Å²) in [4.78, 5) is 11.8. The van der Waals surface area contributed by atoms with Crippen LogP contribution in [-0.2, 0) is 9.84 Å². The third-order valence-corrected chi connectivity index (χ3v) is 3.55. The number of carbonyl (C=O) groups excluding carboxylic acids is 1. The lowest BCUT2D eigenvalue weighted by Crippen LogP contribution is -2.33. The number of ketones is 1. The maximum absolute atomic E-state index is 13.5. The molecule has 18 heavy (non-hydrogen) atoms. The second kappa shape index (κ2) is 5.77. The summed E-state index contributed by atoms with van der Waals surface area (Å²) >= 11 is 5.56. The summed E-state index contributed by atoms with van der Waals surface area (Å²) in [5.41, 5.74) is 5.37. The van der Waals surface area contributed by atoms with Crippen molar-refractivity contribution < 1.29 is 17.6 Å². The van der Waals surface area contributed by atoms with Crippen LogP contribution in [0.1, 0.15) is 16.8 Å². The number of sulfone groups is 1. The van der Waals surface area contributed by atoms with Crippen LogP contribution in [0.2, 0.25) is 5.02 Å². The lowest BCUT2D eigenvalue weighted by molar-refractivity contribution is 0.0956. The highest BCUT2D eigenvalue weighted by Crippen LogP contribution is 2.16. The van der Waals surface area contributed by atoms with Gasteiger partial charge in [-0.1, -0.05) is 11.6 Å². The van der Waals surface area contributed by atoms with Gasteiger partial charge in [-0.05, 0) is 24.6 Å². The molecule has 1 unspecified atom stereocenters. The largest absolute Gasteiger partial charge is 0.321 e. The molecule has 1 aromatic carbocycles. The Kier molecular flexibility index (Phi) is 4.84. The van der Waals surface area contributed by atoms with E-state index < -0.39 is 27.5 Å². The van der Waals surface area contributed by atoms with Crippen LogP contribution in [0.3, 0.4) is 0 Å². The molecule has 0 saturated heterocycles. The number of Topliss-reactive ketones (excluding diaryl/α,β-unsaturated/α-hetero) is 1. The fourth-order valence-corrected chi connectivity index (χ4v) is 2.20. The van der Waals surface area contributed by atoms with Gasteiger partial charge in [-0.25, -0.2) is 12.8 Å². The van der Waals surface area contributed by atoms with Crippen LogP contribution >= 0.6 is 11.6 Å². The lowest BCUT2D eigenvalue weighted by Gasteiger charge is -2.10. The Morgan fingerprint density at radius 2 is 2.11 bits per heavy atom. The fourth-order valence-electron chi connectivity index (χ4n) is 1.36. The van der Waals surface area contributed by atoms with Crippen molar-refractivity contribution in [3.05, 3.63) is 34.6 Å². The van der Waals surface area contributed by atoms with Crippen LogP contribution in [0.25, 0.3) is 0 Å². The first-order valence-electron chi connectivity index (χ1n) is 5.13. The van der Waals surface area contributed by atoms with Gasteiger partial charge >= 0.3 is 0 Å². The second-order valence-electron chi connectivity index (χ2n) is 4.01. The summed E-state index contributed by atoms with van der Waals surface area (Å²) in [5.74, 6) is -1.61. The van der Waals surface area contributed by atoms with Crippen molar-refractivity contribution in [2.24, 2.45) is 5.73 Å². The number of nitrogens with two attached hydrogens (primary N) is 1. The Morgan fingerprint density at radius 1 is 1.50 bits per heavy atom. The van der Waals surface area contributed by atoms with Gasteiger partial charge in [0.2, 0.25) is 0 Å². The molecular weight excluding hydrogens is 281 g/mol. The zero-order valence-electron chi connectivity index (χ0n) is 9.69. The lowest BCUT2D eigenvalue weighted by atomic mass is 10.0.